The zero-order valence-corrected chi connectivity index (χ0v) is 14.0. The maximum absolute atomic E-state index is 13.0. The molecule has 0 bridgehead atoms. The number of hydrogen-bond donors (Lipinski definition) is 3. The molecule has 1 fully saturated rings. The number of H-pyrrole nitrogens is 1. The molecule has 1 aromatic carbocycles. The van der Waals surface area contributed by atoms with Gasteiger partial charge < -0.3 is 15.4 Å². The summed E-state index contributed by atoms with van der Waals surface area (Å²) in [5.41, 5.74) is 1.57. The molecule has 0 radical (unpaired) electrons. The Kier molecular flexibility index (Phi) is 5.48. The van der Waals surface area contributed by atoms with E-state index in [4.69, 9.17) is 0 Å². The summed E-state index contributed by atoms with van der Waals surface area (Å²) in [4.78, 5) is 31.4. The Morgan fingerprint density at radius 3 is 2.56 bits per heavy atom. The number of aliphatic carboxylic acids is 1. The maximum Gasteiger partial charge on any atom is 0.326 e. The predicted molar refractivity (Wildman–Crippen MR) is 93.0 cm³/mol. The van der Waals surface area contributed by atoms with Crippen LogP contribution in [0.15, 0.2) is 42.9 Å². The molecule has 3 N–H and O–H groups in total. The van der Waals surface area contributed by atoms with Crippen molar-refractivity contribution in [2.45, 2.75) is 44.1 Å². The topological polar surface area (TPSA) is 95.1 Å². The number of hydrogen-bond acceptors (Lipinski definition) is 3. The van der Waals surface area contributed by atoms with E-state index in [9.17, 15) is 14.7 Å². The van der Waals surface area contributed by atoms with Gasteiger partial charge in [-0.25, -0.2) is 9.78 Å². The summed E-state index contributed by atoms with van der Waals surface area (Å²) in [6, 6.07) is 8.68. The monoisotopic (exact) mass is 341 g/mol. The summed E-state index contributed by atoms with van der Waals surface area (Å²) in [5, 5.41) is 12.2. The Morgan fingerprint density at radius 1 is 1.24 bits per heavy atom. The Bertz CT molecular complexity index is 694. The molecule has 1 unspecified atom stereocenters. The van der Waals surface area contributed by atoms with Gasteiger partial charge in [0.2, 0.25) is 5.91 Å². The Hall–Kier alpha value is -2.63. The molecule has 6 heteroatoms. The van der Waals surface area contributed by atoms with Crippen molar-refractivity contribution in [3.05, 3.63) is 54.1 Å². The van der Waals surface area contributed by atoms with Gasteiger partial charge in [-0.2, -0.15) is 0 Å². The van der Waals surface area contributed by atoms with E-state index in [1.165, 1.54) is 6.33 Å². The molecule has 1 saturated carbocycles. The number of imidazole rings is 1. The van der Waals surface area contributed by atoms with Crippen molar-refractivity contribution >= 4 is 11.9 Å². The molecule has 1 aromatic heterocycles. The molecule has 0 aliphatic heterocycles. The van der Waals surface area contributed by atoms with E-state index < -0.39 is 12.0 Å². The van der Waals surface area contributed by atoms with Gasteiger partial charge >= 0.3 is 5.97 Å². The summed E-state index contributed by atoms with van der Waals surface area (Å²) in [5.74, 6) is -1.29. The first kappa shape index (κ1) is 17.2. The number of aromatic nitrogens is 2. The maximum atomic E-state index is 13.0. The molecule has 2 aromatic rings. The molecule has 2 atom stereocenters. The third kappa shape index (κ3) is 4.26. The number of rotatable bonds is 7. The van der Waals surface area contributed by atoms with Crippen molar-refractivity contribution in [1.29, 1.82) is 0 Å². The van der Waals surface area contributed by atoms with Crippen molar-refractivity contribution in [3.63, 3.8) is 0 Å². The van der Waals surface area contributed by atoms with E-state index >= 15 is 0 Å². The van der Waals surface area contributed by atoms with Crippen LogP contribution in [0.4, 0.5) is 0 Å². The molecule has 132 valence electrons. The average Bonchev–Trinajstić information content (AvgIpc) is 3.29. The van der Waals surface area contributed by atoms with E-state index in [1.807, 2.05) is 30.3 Å². The highest BCUT2D eigenvalue weighted by molar-refractivity contribution is 5.88. The van der Waals surface area contributed by atoms with Crippen molar-refractivity contribution in [1.82, 2.24) is 15.3 Å². The van der Waals surface area contributed by atoms with Crippen LogP contribution in [-0.2, 0) is 16.0 Å². The number of nitrogens with one attached hydrogen (secondary N) is 2. The highest BCUT2D eigenvalue weighted by Crippen LogP contribution is 2.37. The van der Waals surface area contributed by atoms with Gasteiger partial charge in [-0.3, -0.25) is 4.79 Å². The molecular formula is C19H23N3O3. The number of nitrogens with zero attached hydrogens (tertiary/aromatic N) is 1. The molecule has 1 heterocycles. The Labute approximate surface area is 146 Å². The minimum atomic E-state index is -1.05. The van der Waals surface area contributed by atoms with Gasteiger partial charge in [0.05, 0.1) is 17.9 Å². The molecule has 6 nitrogen and oxygen atoms in total. The lowest BCUT2D eigenvalue weighted by molar-refractivity contribution is -0.142. The molecular weight excluding hydrogens is 318 g/mol. The standard InChI is InChI=1S/C19H23N3O3/c23-18(22-16(19(24)25)10-15-11-20-12-21-15)17(14-8-4-5-9-14)13-6-2-1-3-7-13/h1-3,6-7,11-12,14,16-17H,4-5,8-10H2,(H,20,21)(H,22,23)(H,24,25)/t16-,17?/m0/s1. The van der Waals surface area contributed by atoms with Crippen LogP contribution in [0.3, 0.4) is 0 Å². The van der Waals surface area contributed by atoms with E-state index in [2.05, 4.69) is 15.3 Å². The van der Waals surface area contributed by atoms with Crippen molar-refractivity contribution < 1.29 is 14.7 Å². The molecule has 1 aliphatic rings. The summed E-state index contributed by atoms with van der Waals surface area (Å²) in [6.07, 6.45) is 7.56. The second kappa shape index (κ2) is 7.96. The van der Waals surface area contributed by atoms with E-state index in [1.54, 1.807) is 6.20 Å². The van der Waals surface area contributed by atoms with Crippen molar-refractivity contribution in [2.75, 3.05) is 0 Å². The summed E-state index contributed by atoms with van der Waals surface area (Å²) < 4.78 is 0. The SMILES string of the molecule is O=C(N[C@@H](Cc1c[nH]cn1)C(=O)O)C(c1ccccc1)C1CCCC1. The van der Waals surface area contributed by atoms with Gasteiger partial charge in [0.15, 0.2) is 0 Å². The molecule has 25 heavy (non-hydrogen) atoms. The molecule has 0 spiro atoms. The van der Waals surface area contributed by atoms with E-state index in [-0.39, 0.29) is 24.2 Å². The largest absolute Gasteiger partial charge is 0.480 e. The summed E-state index contributed by atoms with van der Waals surface area (Å²) in [6.45, 7) is 0. The fourth-order valence-corrected chi connectivity index (χ4v) is 3.66. The Morgan fingerprint density at radius 2 is 1.96 bits per heavy atom. The number of aromatic amines is 1. The lowest BCUT2D eigenvalue weighted by Gasteiger charge is -2.25. The number of carboxylic acids is 1. The van der Waals surface area contributed by atoms with Crippen molar-refractivity contribution in [2.24, 2.45) is 5.92 Å². The molecule has 1 aliphatic carbocycles. The van der Waals surface area contributed by atoms with Crippen LogP contribution in [0.1, 0.15) is 42.9 Å². The number of carbonyl (C=O) groups excluding carboxylic acids is 1. The van der Waals surface area contributed by atoms with Gasteiger partial charge in [0.1, 0.15) is 6.04 Å². The Balaban J connectivity index is 1.77. The smallest absolute Gasteiger partial charge is 0.326 e. The zero-order chi connectivity index (χ0) is 17.6. The van der Waals surface area contributed by atoms with Crippen LogP contribution >= 0.6 is 0 Å². The second-order valence-corrected chi connectivity index (χ2v) is 6.60. The first-order valence-electron chi connectivity index (χ1n) is 8.71. The van der Waals surface area contributed by atoms with Crippen LogP contribution in [0.5, 0.6) is 0 Å². The molecule has 1 amide bonds. The fourth-order valence-electron chi connectivity index (χ4n) is 3.66. The van der Waals surface area contributed by atoms with Crippen LogP contribution < -0.4 is 5.32 Å². The van der Waals surface area contributed by atoms with Crippen LogP contribution in [0.2, 0.25) is 0 Å². The minimum Gasteiger partial charge on any atom is -0.480 e. The number of benzene rings is 1. The van der Waals surface area contributed by atoms with Gasteiger partial charge in [-0.1, -0.05) is 43.2 Å². The quantitative estimate of drug-likeness (QED) is 0.721. The van der Waals surface area contributed by atoms with Gasteiger partial charge in [-0.05, 0) is 24.3 Å². The molecule has 0 saturated heterocycles. The summed E-state index contributed by atoms with van der Waals surface area (Å²) in [7, 11) is 0. The fraction of sp³-hybridized carbons (Fsp3) is 0.421. The van der Waals surface area contributed by atoms with Crippen molar-refractivity contribution in [3.8, 4) is 0 Å². The number of amides is 1. The third-order valence-corrected chi connectivity index (χ3v) is 4.90. The highest BCUT2D eigenvalue weighted by Gasteiger charge is 2.34. The van der Waals surface area contributed by atoms with Crippen LogP contribution in [0.25, 0.3) is 0 Å². The number of carbonyl (C=O) groups is 2. The predicted octanol–water partition coefficient (Wildman–Crippen LogP) is 2.50. The van der Waals surface area contributed by atoms with Crippen LogP contribution in [-0.4, -0.2) is 33.0 Å². The lowest BCUT2D eigenvalue weighted by atomic mass is 9.84. The van der Waals surface area contributed by atoms with Gasteiger partial charge in [-0.15, -0.1) is 0 Å². The molecule has 3 rings (SSSR count). The summed E-state index contributed by atoms with van der Waals surface area (Å²) >= 11 is 0. The normalized spacial score (nSPS) is 17.1. The van der Waals surface area contributed by atoms with E-state index in [0.717, 1.165) is 31.2 Å². The first-order valence-corrected chi connectivity index (χ1v) is 8.71. The van der Waals surface area contributed by atoms with E-state index in [0.29, 0.717) is 5.69 Å². The average molecular weight is 341 g/mol. The zero-order valence-electron chi connectivity index (χ0n) is 14.0. The van der Waals surface area contributed by atoms with Crippen LogP contribution in [0, 0.1) is 5.92 Å². The highest BCUT2D eigenvalue weighted by atomic mass is 16.4. The number of carboxylic acid groups (broad SMARTS) is 1. The first-order chi connectivity index (χ1) is 12.1. The third-order valence-electron chi connectivity index (χ3n) is 4.90. The lowest BCUT2D eigenvalue weighted by Crippen LogP contribution is -2.45. The minimum absolute atomic E-state index is 0.163. The van der Waals surface area contributed by atoms with Gasteiger partial charge in [0, 0.05) is 12.6 Å². The van der Waals surface area contributed by atoms with Gasteiger partial charge in [0.25, 0.3) is 0 Å². The second-order valence-electron chi connectivity index (χ2n) is 6.60.